The minimum atomic E-state index is -4.04. The number of nitrogens with one attached hydrogen (secondary N) is 2. The minimum absolute atomic E-state index is 0.0152. The van der Waals surface area contributed by atoms with Crippen LogP contribution in [0.3, 0.4) is 0 Å². The summed E-state index contributed by atoms with van der Waals surface area (Å²) in [5.41, 5.74) is 2.90. The van der Waals surface area contributed by atoms with Crippen molar-refractivity contribution in [3.05, 3.63) is 58.5 Å². The first-order valence-corrected chi connectivity index (χ1v) is 12.1. The number of hydrogen-bond donors (Lipinski definition) is 3. The summed E-state index contributed by atoms with van der Waals surface area (Å²) < 4.78 is 30.5. The molecule has 32 heavy (non-hydrogen) atoms. The van der Waals surface area contributed by atoms with Gasteiger partial charge < -0.3 is 15.8 Å². The van der Waals surface area contributed by atoms with Gasteiger partial charge in [-0.25, -0.2) is 9.66 Å². The van der Waals surface area contributed by atoms with Gasteiger partial charge in [0.2, 0.25) is 0 Å². The summed E-state index contributed by atoms with van der Waals surface area (Å²) in [7, 11) is -4.04. The largest absolute Gasteiger partial charge is 0.506 e. The Kier molecular flexibility index (Phi) is 5.09. The highest BCUT2D eigenvalue weighted by atomic mass is 32.2. The number of sulfonamides is 1. The van der Waals surface area contributed by atoms with Crippen molar-refractivity contribution >= 4 is 32.6 Å². The van der Waals surface area contributed by atoms with Crippen LogP contribution < -0.4 is 16.3 Å². The highest BCUT2D eigenvalue weighted by Crippen LogP contribution is 2.31. The molecule has 0 atom stereocenters. The molecule has 0 unspecified atom stereocenters. The van der Waals surface area contributed by atoms with Crippen LogP contribution in [0, 0.1) is 5.92 Å². The van der Waals surface area contributed by atoms with Gasteiger partial charge in [-0.05, 0) is 43.0 Å². The second kappa shape index (κ2) is 7.94. The molecular weight excluding hydrogens is 430 g/mol. The molecule has 1 aliphatic carbocycles. The van der Waals surface area contributed by atoms with Gasteiger partial charge in [-0.15, -0.1) is 4.40 Å². The molecule has 1 aromatic carbocycles. The number of rotatable bonds is 4. The average Bonchev–Trinajstić information content (AvgIpc) is 2.79. The average molecular weight is 454 g/mol. The van der Waals surface area contributed by atoms with Crippen molar-refractivity contribution in [1.29, 1.82) is 0 Å². The molecule has 3 heterocycles. The summed E-state index contributed by atoms with van der Waals surface area (Å²) in [6.45, 7) is 0.580. The zero-order valence-electron chi connectivity index (χ0n) is 17.3. The number of benzene rings is 1. The number of aromatic nitrogens is 2. The quantitative estimate of drug-likeness (QED) is 0.555. The fourth-order valence-corrected chi connectivity index (χ4v) is 5.52. The van der Waals surface area contributed by atoms with Gasteiger partial charge in [0.25, 0.3) is 15.6 Å². The fourth-order valence-electron chi connectivity index (χ4n) is 4.40. The van der Waals surface area contributed by atoms with Crippen LogP contribution in [-0.2, 0) is 10.0 Å². The fraction of sp³-hybridized carbons (Fsp3) is 0.318. The molecule has 3 N–H and O–H groups in total. The normalized spacial score (nSPS) is 17.9. The number of amidine groups is 1. The lowest BCUT2D eigenvalue weighted by atomic mass is 9.89. The Labute approximate surface area is 184 Å². The summed E-state index contributed by atoms with van der Waals surface area (Å²) in [6.07, 6.45) is 7.27. The predicted molar refractivity (Wildman–Crippen MR) is 122 cm³/mol. The smallest absolute Gasteiger partial charge is 0.286 e. The van der Waals surface area contributed by atoms with Crippen LogP contribution in [0.1, 0.15) is 37.7 Å². The second-order valence-corrected chi connectivity index (χ2v) is 9.71. The summed E-state index contributed by atoms with van der Waals surface area (Å²) in [5.74, 6) is -0.149. The summed E-state index contributed by atoms with van der Waals surface area (Å²) in [6, 6.07) is 9.57. The first-order chi connectivity index (χ1) is 15.5. The Hall–Kier alpha value is -3.40. The van der Waals surface area contributed by atoms with E-state index in [4.69, 9.17) is 0 Å². The standard InChI is InChI=1S/C22H23N5O4S/c28-19-15-9-6-12-23-21(15)27(24-13-14-7-2-1-3-8-14)22(29)18(19)20-25-16-10-4-5-11-17(16)32(30,31)26-20/h4-6,9-12,14,24,28H,1-3,7-8,13H2,(H,25,26). The Morgan fingerprint density at radius 1 is 1.12 bits per heavy atom. The van der Waals surface area contributed by atoms with E-state index in [-0.39, 0.29) is 27.7 Å². The van der Waals surface area contributed by atoms with Gasteiger partial charge in [0.05, 0.1) is 11.1 Å². The summed E-state index contributed by atoms with van der Waals surface area (Å²) >= 11 is 0. The third-order valence-corrected chi connectivity index (χ3v) is 7.37. The van der Waals surface area contributed by atoms with E-state index in [1.54, 1.807) is 30.3 Å². The van der Waals surface area contributed by atoms with E-state index >= 15 is 0 Å². The van der Waals surface area contributed by atoms with E-state index in [0.717, 1.165) is 12.8 Å². The van der Waals surface area contributed by atoms with Crippen LogP contribution in [-0.4, -0.2) is 35.6 Å². The molecular formula is C22H23N5O4S. The van der Waals surface area contributed by atoms with Crippen molar-refractivity contribution in [3.63, 3.8) is 0 Å². The lowest BCUT2D eigenvalue weighted by Gasteiger charge is -2.24. The molecule has 2 aliphatic rings. The first kappa shape index (κ1) is 20.5. The summed E-state index contributed by atoms with van der Waals surface area (Å²) in [4.78, 5) is 17.8. The van der Waals surface area contributed by atoms with E-state index in [2.05, 4.69) is 20.1 Å². The lowest BCUT2D eigenvalue weighted by Crippen LogP contribution is -2.38. The molecule has 166 valence electrons. The van der Waals surface area contributed by atoms with Gasteiger partial charge in [0, 0.05) is 12.7 Å². The van der Waals surface area contributed by atoms with Gasteiger partial charge in [-0.1, -0.05) is 31.4 Å². The minimum Gasteiger partial charge on any atom is -0.506 e. The number of anilines is 1. The monoisotopic (exact) mass is 453 g/mol. The molecule has 10 heteroatoms. The SMILES string of the molecule is O=c1c(C2=NS(=O)(=O)c3ccccc3N2)c(O)c2cccnc2n1NCC1CCCCC1. The summed E-state index contributed by atoms with van der Waals surface area (Å²) in [5, 5.41) is 14.2. The molecule has 0 amide bonds. The van der Waals surface area contributed by atoms with Crippen LogP contribution in [0.25, 0.3) is 11.0 Å². The molecule has 2 aromatic heterocycles. The van der Waals surface area contributed by atoms with E-state index < -0.39 is 15.6 Å². The van der Waals surface area contributed by atoms with Gasteiger partial charge in [-0.2, -0.15) is 8.42 Å². The molecule has 1 aliphatic heterocycles. The second-order valence-electron chi connectivity index (χ2n) is 8.14. The zero-order chi connectivity index (χ0) is 22.3. The maximum Gasteiger partial charge on any atom is 0.286 e. The van der Waals surface area contributed by atoms with Crippen LogP contribution >= 0.6 is 0 Å². The van der Waals surface area contributed by atoms with Crippen LogP contribution in [0.2, 0.25) is 0 Å². The van der Waals surface area contributed by atoms with Crippen LogP contribution in [0.15, 0.2) is 56.7 Å². The number of aromatic hydroxyl groups is 1. The van der Waals surface area contributed by atoms with E-state index in [0.29, 0.717) is 23.5 Å². The molecule has 1 saturated carbocycles. The number of hydrogen-bond acceptors (Lipinski definition) is 7. The van der Waals surface area contributed by atoms with Crippen molar-refractivity contribution in [1.82, 2.24) is 9.66 Å². The topological polar surface area (TPSA) is 126 Å². The maximum atomic E-state index is 13.5. The third kappa shape index (κ3) is 3.50. The highest BCUT2D eigenvalue weighted by molar-refractivity contribution is 7.90. The molecule has 9 nitrogen and oxygen atoms in total. The Morgan fingerprint density at radius 2 is 1.91 bits per heavy atom. The molecule has 3 aromatic rings. The van der Waals surface area contributed by atoms with E-state index in [9.17, 15) is 18.3 Å². The third-order valence-electron chi connectivity index (χ3n) is 6.04. The molecule has 5 rings (SSSR count). The Bertz CT molecular complexity index is 1390. The predicted octanol–water partition coefficient (Wildman–Crippen LogP) is 2.79. The zero-order valence-corrected chi connectivity index (χ0v) is 18.1. The van der Waals surface area contributed by atoms with E-state index in [1.165, 1.54) is 36.2 Å². The molecule has 1 fully saturated rings. The number of pyridine rings is 2. The van der Waals surface area contributed by atoms with Gasteiger partial charge in [0.15, 0.2) is 11.5 Å². The maximum absolute atomic E-state index is 13.5. The van der Waals surface area contributed by atoms with Crippen molar-refractivity contribution in [2.45, 2.75) is 37.0 Å². The number of fused-ring (bicyclic) bond motifs is 2. The van der Waals surface area contributed by atoms with Crippen LogP contribution in [0.5, 0.6) is 5.75 Å². The van der Waals surface area contributed by atoms with E-state index in [1.807, 2.05) is 0 Å². The van der Waals surface area contributed by atoms with Gasteiger partial charge >= 0.3 is 0 Å². The molecule has 0 bridgehead atoms. The van der Waals surface area contributed by atoms with Crippen LogP contribution in [0.4, 0.5) is 5.69 Å². The van der Waals surface area contributed by atoms with Crippen molar-refractivity contribution in [2.75, 3.05) is 17.3 Å². The van der Waals surface area contributed by atoms with Gasteiger partial charge in [0.1, 0.15) is 16.2 Å². The molecule has 0 saturated heterocycles. The van der Waals surface area contributed by atoms with Gasteiger partial charge in [-0.3, -0.25) is 4.79 Å². The molecule has 0 spiro atoms. The van der Waals surface area contributed by atoms with Crippen molar-refractivity contribution in [2.24, 2.45) is 10.3 Å². The highest BCUT2D eigenvalue weighted by Gasteiger charge is 2.30. The molecule has 0 radical (unpaired) electrons. The Balaban J connectivity index is 1.64. The van der Waals surface area contributed by atoms with Crippen molar-refractivity contribution in [3.8, 4) is 5.75 Å². The first-order valence-electron chi connectivity index (χ1n) is 10.6. The number of para-hydroxylation sites is 1. The number of nitrogens with zero attached hydrogens (tertiary/aromatic N) is 3. The van der Waals surface area contributed by atoms with Crippen molar-refractivity contribution < 1.29 is 13.5 Å². The lowest BCUT2D eigenvalue weighted by molar-refractivity contribution is 0.366. The Morgan fingerprint density at radius 3 is 2.72 bits per heavy atom.